The molecule has 5 nitrogen and oxygen atoms in total. The number of halogens is 3. The molecule has 10 heteroatoms. The van der Waals surface area contributed by atoms with Gasteiger partial charge in [0.15, 0.2) is 11.6 Å². The summed E-state index contributed by atoms with van der Waals surface area (Å²) in [5.74, 6) is -3.58. The van der Waals surface area contributed by atoms with E-state index in [4.69, 9.17) is 0 Å². The van der Waals surface area contributed by atoms with Crippen molar-refractivity contribution in [2.45, 2.75) is 4.21 Å². The monoisotopic (exact) mass is 426 g/mol. The standard InChI is InChI=1S/C18H13F3N2O3S2/c19-12-3-6-14(7-4-12)23(28(25,26)18-2-1-9-27-18)11-17(24)22-13-5-8-15(20)16(21)10-13/h1-10H,11H2,(H,22,24). The Kier molecular flexibility index (Phi) is 5.71. The molecular weight excluding hydrogens is 413 g/mol. The Balaban J connectivity index is 1.89. The number of sulfonamides is 1. The van der Waals surface area contributed by atoms with E-state index >= 15 is 0 Å². The van der Waals surface area contributed by atoms with E-state index in [0.717, 1.165) is 46.0 Å². The fourth-order valence-electron chi connectivity index (χ4n) is 2.35. The number of hydrogen-bond donors (Lipinski definition) is 1. The molecule has 0 unspecified atom stereocenters. The van der Waals surface area contributed by atoms with Crippen LogP contribution in [0.25, 0.3) is 0 Å². The molecule has 2 aromatic carbocycles. The van der Waals surface area contributed by atoms with Crippen LogP contribution in [0, 0.1) is 17.5 Å². The molecule has 3 aromatic rings. The van der Waals surface area contributed by atoms with Gasteiger partial charge >= 0.3 is 0 Å². The molecule has 1 amide bonds. The summed E-state index contributed by atoms with van der Waals surface area (Å²) in [6.45, 7) is -0.648. The first kappa shape index (κ1) is 19.9. The predicted molar refractivity (Wildman–Crippen MR) is 100 cm³/mol. The zero-order chi connectivity index (χ0) is 20.3. The molecule has 0 fully saturated rings. The smallest absolute Gasteiger partial charge is 0.274 e. The quantitative estimate of drug-likeness (QED) is 0.648. The van der Waals surface area contributed by atoms with E-state index < -0.39 is 39.9 Å². The summed E-state index contributed by atoms with van der Waals surface area (Å²) < 4.78 is 66.2. The first-order valence-corrected chi connectivity index (χ1v) is 10.2. The van der Waals surface area contributed by atoms with Crippen molar-refractivity contribution in [2.75, 3.05) is 16.2 Å². The topological polar surface area (TPSA) is 66.5 Å². The van der Waals surface area contributed by atoms with Crippen molar-refractivity contribution in [3.05, 3.63) is 77.4 Å². The summed E-state index contributed by atoms with van der Waals surface area (Å²) in [6.07, 6.45) is 0. The highest BCUT2D eigenvalue weighted by molar-refractivity contribution is 7.94. The lowest BCUT2D eigenvalue weighted by molar-refractivity contribution is -0.114. The molecule has 0 aliphatic carbocycles. The molecule has 0 saturated heterocycles. The minimum Gasteiger partial charge on any atom is -0.324 e. The summed E-state index contributed by atoms with van der Waals surface area (Å²) in [6, 6.07) is 10.3. The normalized spacial score (nSPS) is 11.2. The van der Waals surface area contributed by atoms with Gasteiger partial charge in [0.2, 0.25) is 5.91 Å². The largest absolute Gasteiger partial charge is 0.324 e. The molecule has 0 bridgehead atoms. The first-order chi connectivity index (χ1) is 13.3. The Hall–Kier alpha value is -2.85. The average Bonchev–Trinajstić information content (AvgIpc) is 3.19. The second kappa shape index (κ2) is 8.03. The molecule has 0 saturated carbocycles. The maximum atomic E-state index is 13.3. The number of benzene rings is 2. The summed E-state index contributed by atoms with van der Waals surface area (Å²) in [7, 11) is -4.09. The summed E-state index contributed by atoms with van der Waals surface area (Å²) >= 11 is 0.964. The third-order valence-electron chi connectivity index (χ3n) is 3.64. The van der Waals surface area contributed by atoms with Crippen molar-refractivity contribution in [1.29, 1.82) is 0 Å². The van der Waals surface area contributed by atoms with Crippen molar-refractivity contribution in [3.8, 4) is 0 Å². The van der Waals surface area contributed by atoms with E-state index in [0.29, 0.717) is 0 Å². The van der Waals surface area contributed by atoms with Gasteiger partial charge in [0.1, 0.15) is 16.6 Å². The van der Waals surface area contributed by atoms with Gasteiger partial charge in [0.25, 0.3) is 10.0 Å². The minimum atomic E-state index is -4.09. The van der Waals surface area contributed by atoms with Gasteiger partial charge in [0, 0.05) is 11.8 Å². The van der Waals surface area contributed by atoms with Gasteiger partial charge in [-0.3, -0.25) is 9.10 Å². The molecule has 0 radical (unpaired) electrons. The van der Waals surface area contributed by atoms with Crippen LogP contribution in [0.4, 0.5) is 24.5 Å². The number of nitrogens with zero attached hydrogens (tertiary/aromatic N) is 1. The number of carbonyl (C=O) groups excluding carboxylic acids is 1. The molecule has 146 valence electrons. The lowest BCUT2D eigenvalue weighted by Crippen LogP contribution is -2.37. The van der Waals surface area contributed by atoms with Crippen molar-refractivity contribution in [3.63, 3.8) is 0 Å². The van der Waals surface area contributed by atoms with Crippen LogP contribution >= 0.6 is 11.3 Å². The molecule has 1 N–H and O–H groups in total. The van der Waals surface area contributed by atoms with Crippen molar-refractivity contribution >= 4 is 38.6 Å². The molecule has 0 atom stereocenters. The Morgan fingerprint density at radius 1 is 1.00 bits per heavy atom. The summed E-state index contributed by atoms with van der Waals surface area (Å²) in [5, 5.41) is 3.88. The highest BCUT2D eigenvalue weighted by Crippen LogP contribution is 2.27. The molecule has 1 aromatic heterocycles. The van der Waals surface area contributed by atoms with Gasteiger partial charge < -0.3 is 5.32 Å². The van der Waals surface area contributed by atoms with Crippen molar-refractivity contribution in [2.24, 2.45) is 0 Å². The Labute approximate surface area is 163 Å². The number of amides is 1. The minimum absolute atomic E-state index is 0.00236. The fourth-order valence-corrected chi connectivity index (χ4v) is 4.87. The molecule has 0 aliphatic rings. The van der Waals surface area contributed by atoms with Gasteiger partial charge in [-0.2, -0.15) is 0 Å². The molecule has 28 heavy (non-hydrogen) atoms. The molecule has 1 heterocycles. The maximum Gasteiger partial charge on any atom is 0.274 e. The number of carbonyl (C=O) groups is 1. The van der Waals surface area contributed by atoms with Crippen LogP contribution in [0.2, 0.25) is 0 Å². The van der Waals surface area contributed by atoms with Crippen LogP contribution in [0.5, 0.6) is 0 Å². The summed E-state index contributed by atoms with van der Waals surface area (Å²) in [5.41, 5.74) is 0.0479. The zero-order valence-electron chi connectivity index (χ0n) is 14.1. The van der Waals surface area contributed by atoms with Crippen molar-refractivity contribution in [1.82, 2.24) is 0 Å². The lowest BCUT2D eigenvalue weighted by atomic mass is 10.3. The van der Waals surface area contributed by atoms with Gasteiger partial charge in [-0.1, -0.05) is 6.07 Å². The van der Waals surface area contributed by atoms with Gasteiger partial charge in [-0.05, 0) is 47.8 Å². The SMILES string of the molecule is O=C(CN(c1ccc(F)cc1)S(=O)(=O)c1cccs1)Nc1ccc(F)c(F)c1. The van der Waals surface area contributed by atoms with Gasteiger partial charge in [0.05, 0.1) is 5.69 Å². The molecule has 0 spiro atoms. The van der Waals surface area contributed by atoms with Crippen LogP contribution in [-0.4, -0.2) is 20.9 Å². The van der Waals surface area contributed by atoms with Crippen LogP contribution in [-0.2, 0) is 14.8 Å². The predicted octanol–water partition coefficient (Wildman–Crippen LogP) is 4.00. The third-order valence-corrected chi connectivity index (χ3v) is 6.79. The van der Waals surface area contributed by atoms with E-state index in [2.05, 4.69) is 5.32 Å². The number of thiophene rings is 1. The van der Waals surface area contributed by atoms with E-state index in [1.807, 2.05) is 0 Å². The third kappa shape index (κ3) is 4.34. The highest BCUT2D eigenvalue weighted by Gasteiger charge is 2.28. The summed E-state index contributed by atoms with van der Waals surface area (Å²) in [4.78, 5) is 12.4. The second-order valence-corrected chi connectivity index (χ2v) is 8.63. The number of hydrogen-bond acceptors (Lipinski definition) is 4. The van der Waals surface area contributed by atoms with Gasteiger partial charge in [-0.15, -0.1) is 11.3 Å². The lowest BCUT2D eigenvalue weighted by Gasteiger charge is -2.23. The second-order valence-electron chi connectivity index (χ2n) is 5.60. The highest BCUT2D eigenvalue weighted by atomic mass is 32.2. The fraction of sp³-hybridized carbons (Fsp3) is 0.0556. The number of anilines is 2. The average molecular weight is 426 g/mol. The van der Waals surface area contributed by atoms with Crippen molar-refractivity contribution < 1.29 is 26.4 Å². The van der Waals surface area contributed by atoms with E-state index in [1.54, 1.807) is 11.4 Å². The first-order valence-electron chi connectivity index (χ1n) is 7.84. The van der Waals surface area contributed by atoms with E-state index in [9.17, 15) is 26.4 Å². The van der Waals surface area contributed by atoms with E-state index in [1.165, 1.54) is 18.2 Å². The molecular formula is C18H13F3N2O3S2. The zero-order valence-corrected chi connectivity index (χ0v) is 15.7. The Morgan fingerprint density at radius 3 is 2.32 bits per heavy atom. The Morgan fingerprint density at radius 2 is 1.71 bits per heavy atom. The molecule has 3 rings (SSSR count). The molecule has 0 aliphatic heterocycles. The van der Waals surface area contributed by atoms with Crippen LogP contribution < -0.4 is 9.62 Å². The Bertz CT molecular complexity index is 1090. The number of rotatable bonds is 6. The van der Waals surface area contributed by atoms with Gasteiger partial charge in [-0.25, -0.2) is 21.6 Å². The van der Waals surface area contributed by atoms with Crippen LogP contribution in [0.15, 0.2) is 64.2 Å². The maximum absolute atomic E-state index is 13.3. The number of nitrogens with one attached hydrogen (secondary N) is 1. The van der Waals surface area contributed by atoms with Crippen LogP contribution in [0.3, 0.4) is 0 Å². The van der Waals surface area contributed by atoms with Crippen LogP contribution in [0.1, 0.15) is 0 Å². The van der Waals surface area contributed by atoms with E-state index in [-0.39, 0.29) is 15.6 Å².